The number of amides is 1. The van der Waals surface area contributed by atoms with Crippen molar-refractivity contribution in [2.45, 2.75) is 38.1 Å². The van der Waals surface area contributed by atoms with E-state index in [0.29, 0.717) is 0 Å². The molecule has 17 heavy (non-hydrogen) atoms. The van der Waals surface area contributed by atoms with Gasteiger partial charge in [-0.25, -0.2) is 0 Å². The van der Waals surface area contributed by atoms with Crippen LogP contribution in [0.5, 0.6) is 0 Å². The normalized spacial score (nSPS) is 16.8. The Kier molecular flexibility index (Phi) is 3.79. The monoisotopic (exact) mass is 232 g/mol. The number of carbonyl (C=O) groups is 1. The lowest BCUT2D eigenvalue weighted by molar-refractivity contribution is -0.120. The quantitative estimate of drug-likeness (QED) is 0.789. The minimum absolute atomic E-state index is 0.308. The number of nitrogens with two attached hydrogens (primary N) is 1. The van der Waals surface area contributed by atoms with E-state index in [1.54, 1.807) is 0 Å². The van der Waals surface area contributed by atoms with E-state index in [0.717, 1.165) is 24.4 Å². The number of carbonyl (C=O) groups excluding carboxylic acids is 1. The van der Waals surface area contributed by atoms with Gasteiger partial charge in [-0.3, -0.25) is 4.79 Å². The molecule has 0 saturated heterocycles. The molecule has 0 aromatic heterocycles. The molecule has 1 aliphatic carbocycles. The van der Waals surface area contributed by atoms with Crippen LogP contribution >= 0.6 is 0 Å². The third kappa shape index (κ3) is 3.07. The Morgan fingerprint density at radius 1 is 1.41 bits per heavy atom. The smallest absolute Gasteiger partial charge is 0.239 e. The Balaban J connectivity index is 2.08. The molecule has 1 saturated carbocycles. The lowest BCUT2D eigenvalue weighted by Crippen LogP contribution is -2.34. The van der Waals surface area contributed by atoms with Gasteiger partial charge in [0, 0.05) is 0 Å². The molecule has 3 heteroatoms. The van der Waals surface area contributed by atoms with Crippen molar-refractivity contribution >= 4 is 5.91 Å². The summed E-state index contributed by atoms with van der Waals surface area (Å²) < 4.78 is 0. The maximum atomic E-state index is 11.4. The van der Waals surface area contributed by atoms with E-state index in [9.17, 15) is 4.79 Å². The van der Waals surface area contributed by atoms with Crippen molar-refractivity contribution in [3.05, 3.63) is 35.4 Å². The highest BCUT2D eigenvalue weighted by Gasteiger charge is 2.24. The maximum absolute atomic E-state index is 11.4. The summed E-state index contributed by atoms with van der Waals surface area (Å²) in [6.45, 7) is 2.87. The van der Waals surface area contributed by atoms with Crippen molar-refractivity contribution in [2.75, 3.05) is 6.54 Å². The summed E-state index contributed by atoms with van der Waals surface area (Å²) in [6, 6.07) is 7.92. The van der Waals surface area contributed by atoms with Crippen LogP contribution in [-0.4, -0.2) is 12.5 Å². The zero-order valence-electron chi connectivity index (χ0n) is 10.3. The second-order valence-corrected chi connectivity index (χ2v) is 4.73. The number of benzene rings is 1. The van der Waals surface area contributed by atoms with Crippen molar-refractivity contribution in [3.63, 3.8) is 0 Å². The number of primary amides is 1. The average molecular weight is 232 g/mol. The lowest BCUT2D eigenvalue weighted by atomic mass is 10.0. The highest BCUT2D eigenvalue weighted by atomic mass is 16.1. The molecule has 3 N–H and O–H groups in total. The molecule has 2 rings (SSSR count). The van der Waals surface area contributed by atoms with Gasteiger partial charge in [0.1, 0.15) is 6.04 Å². The van der Waals surface area contributed by atoms with E-state index in [4.69, 9.17) is 5.73 Å². The summed E-state index contributed by atoms with van der Waals surface area (Å²) in [7, 11) is 0. The first-order valence-corrected chi connectivity index (χ1v) is 6.35. The molecule has 92 valence electrons. The highest BCUT2D eigenvalue weighted by Crippen LogP contribution is 2.40. The molecule has 0 heterocycles. The molecule has 1 fully saturated rings. The standard InChI is InChI=1S/C14H20N2O/c1-2-9-16-13(14(15)17)12-7-5-11(6-8-12)10-3-4-10/h5-8,10,13,16H,2-4,9H2,1H3,(H2,15,17). The van der Waals surface area contributed by atoms with Crippen LogP contribution in [0.15, 0.2) is 24.3 Å². The number of hydrogen-bond acceptors (Lipinski definition) is 2. The Hall–Kier alpha value is -1.35. The van der Waals surface area contributed by atoms with E-state index >= 15 is 0 Å². The predicted octanol–water partition coefficient (Wildman–Crippen LogP) is 2.09. The summed E-state index contributed by atoms with van der Waals surface area (Å²) in [5, 5.41) is 3.17. The second kappa shape index (κ2) is 5.32. The van der Waals surface area contributed by atoms with Gasteiger partial charge in [0.25, 0.3) is 0 Å². The first-order valence-electron chi connectivity index (χ1n) is 6.35. The van der Waals surface area contributed by atoms with Crippen LogP contribution in [0, 0.1) is 0 Å². The fourth-order valence-electron chi connectivity index (χ4n) is 2.05. The molecule has 1 unspecified atom stereocenters. The van der Waals surface area contributed by atoms with Gasteiger partial charge in [-0.2, -0.15) is 0 Å². The van der Waals surface area contributed by atoms with Crippen LogP contribution in [0.1, 0.15) is 49.3 Å². The van der Waals surface area contributed by atoms with Crippen LogP contribution in [0.2, 0.25) is 0 Å². The van der Waals surface area contributed by atoms with Crippen LogP contribution < -0.4 is 11.1 Å². The third-order valence-corrected chi connectivity index (χ3v) is 3.20. The van der Waals surface area contributed by atoms with Crippen molar-refractivity contribution < 1.29 is 4.79 Å². The number of nitrogens with one attached hydrogen (secondary N) is 1. The van der Waals surface area contributed by atoms with Gasteiger partial charge in [-0.05, 0) is 42.9 Å². The fraction of sp³-hybridized carbons (Fsp3) is 0.500. The summed E-state index contributed by atoms with van der Waals surface area (Å²) in [5.41, 5.74) is 7.77. The van der Waals surface area contributed by atoms with Crippen LogP contribution in [0.25, 0.3) is 0 Å². The van der Waals surface area contributed by atoms with Crippen molar-refractivity contribution in [1.29, 1.82) is 0 Å². The maximum Gasteiger partial charge on any atom is 0.239 e. The second-order valence-electron chi connectivity index (χ2n) is 4.73. The van der Waals surface area contributed by atoms with Gasteiger partial charge in [-0.15, -0.1) is 0 Å². The zero-order valence-corrected chi connectivity index (χ0v) is 10.3. The first-order chi connectivity index (χ1) is 8.22. The third-order valence-electron chi connectivity index (χ3n) is 3.20. The minimum Gasteiger partial charge on any atom is -0.368 e. The fourth-order valence-corrected chi connectivity index (χ4v) is 2.05. The molecule has 1 aromatic carbocycles. The summed E-state index contributed by atoms with van der Waals surface area (Å²) in [4.78, 5) is 11.4. The minimum atomic E-state index is -0.358. The van der Waals surface area contributed by atoms with Gasteiger partial charge in [0.15, 0.2) is 0 Å². The van der Waals surface area contributed by atoms with Gasteiger partial charge < -0.3 is 11.1 Å². The zero-order chi connectivity index (χ0) is 12.3. The molecule has 3 nitrogen and oxygen atoms in total. The Morgan fingerprint density at radius 3 is 2.53 bits per heavy atom. The van der Waals surface area contributed by atoms with E-state index in [1.807, 2.05) is 12.1 Å². The van der Waals surface area contributed by atoms with Crippen molar-refractivity contribution in [1.82, 2.24) is 5.32 Å². The first kappa shape index (κ1) is 12.1. The molecule has 0 radical (unpaired) electrons. The van der Waals surface area contributed by atoms with Crippen molar-refractivity contribution in [2.24, 2.45) is 5.73 Å². The number of hydrogen-bond donors (Lipinski definition) is 2. The molecule has 1 amide bonds. The summed E-state index contributed by atoms with van der Waals surface area (Å²) in [5.74, 6) is 0.442. The predicted molar refractivity (Wildman–Crippen MR) is 68.6 cm³/mol. The molecular formula is C14H20N2O. The van der Waals surface area contributed by atoms with E-state index < -0.39 is 0 Å². The highest BCUT2D eigenvalue weighted by molar-refractivity contribution is 5.81. The van der Waals surface area contributed by atoms with Gasteiger partial charge in [0.05, 0.1) is 0 Å². The molecule has 1 atom stereocenters. The number of rotatable bonds is 6. The SMILES string of the molecule is CCCNC(C(N)=O)c1ccc(C2CC2)cc1. The summed E-state index contributed by atoms with van der Waals surface area (Å²) >= 11 is 0. The van der Waals surface area contributed by atoms with E-state index in [-0.39, 0.29) is 11.9 Å². The Bertz CT molecular complexity index is 382. The summed E-state index contributed by atoms with van der Waals surface area (Å²) in [6.07, 6.45) is 3.59. The Morgan fingerprint density at radius 2 is 2.06 bits per heavy atom. The van der Waals surface area contributed by atoms with Crippen molar-refractivity contribution in [3.8, 4) is 0 Å². The van der Waals surface area contributed by atoms with Crippen LogP contribution in [0.3, 0.4) is 0 Å². The Labute approximate surface area is 102 Å². The van der Waals surface area contributed by atoms with Crippen LogP contribution in [-0.2, 0) is 4.79 Å². The molecule has 1 aromatic rings. The van der Waals surface area contributed by atoms with Crippen LogP contribution in [0.4, 0.5) is 0 Å². The van der Waals surface area contributed by atoms with Gasteiger partial charge >= 0.3 is 0 Å². The molecular weight excluding hydrogens is 212 g/mol. The van der Waals surface area contributed by atoms with Gasteiger partial charge in [0.2, 0.25) is 5.91 Å². The molecule has 1 aliphatic rings. The van der Waals surface area contributed by atoms with Gasteiger partial charge in [-0.1, -0.05) is 31.2 Å². The van der Waals surface area contributed by atoms with E-state index in [2.05, 4.69) is 24.4 Å². The topological polar surface area (TPSA) is 55.1 Å². The molecule has 0 aliphatic heterocycles. The van der Waals surface area contributed by atoms with E-state index in [1.165, 1.54) is 18.4 Å². The molecule has 0 bridgehead atoms. The largest absolute Gasteiger partial charge is 0.368 e. The average Bonchev–Trinajstić information content (AvgIpc) is 3.14. The molecule has 0 spiro atoms. The lowest BCUT2D eigenvalue weighted by Gasteiger charge is -2.15.